The van der Waals surface area contributed by atoms with Gasteiger partial charge in [-0.2, -0.15) is 0 Å². The molecular formula is C12H24CuN2S4. The van der Waals surface area contributed by atoms with Gasteiger partial charge in [-0.15, -0.1) is 0 Å². The van der Waals surface area contributed by atoms with Gasteiger partial charge in [-0.3, -0.25) is 0 Å². The third-order valence-corrected chi connectivity index (χ3v) is 3.09. The zero-order chi connectivity index (χ0) is 14.6. The van der Waals surface area contributed by atoms with E-state index in [2.05, 4.69) is 38.3 Å². The van der Waals surface area contributed by atoms with E-state index in [-0.39, 0.29) is 17.1 Å². The summed E-state index contributed by atoms with van der Waals surface area (Å²) >= 11 is 18.8. The molecule has 0 atom stereocenters. The van der Waals surface area contributed by atoms with E-state index in [0.717, 1.165) is 25.7 Å². The summed E-state index contributed by atoms with van der Waals surface area (Å²) in [5.41, 5.74) is 0. The molecule has 0 bridgehead atoms. The van der Waals surface area contributed by atoms with E-state index in [4.69, 9.17) is 49.7 Å². The molecule has 0 aromatic carbocycles. The first-order valence-corrected chi connectivity index (χ1v) is 7.99. The maximum absolute atomic E-state index is 4.71. The molecule has 7 heteroatoms. The standard InChI is InChI=1S/2C6H13NS2.Cu/c2*1-3-5(4-2)7-6(8)9;/h2*5H,3-4H2,1-2H3,(H2,7,8,9);/q;;+2/p-2. The number of rotatable bonds is 6. The Bertz CT molecular complexity index is 208. The van der Waals surface area contributed by atoms with Crippen molar-refractivity contribution in [2.45, 2.75) is 65.5 Å². The number of thiocarbonyl (C=S) groups is 2. The van der Waals surface area contributed by atoms with E-state index in [9.17, 15) is 0 Å². The molecule has 0 fully saturated rings. The van der Waals surface area contributed by atoms with Crippen LogP contribution in [-0.2, 0) is 42.3 Å². The first-order chi connectivity index (χ1) is 8.40. The Morgan fingerprint density at radius 3 is 1.05 bits per heavy atom. The summed E-state index contributed by atoms with van der Waals surface area (Å²) in [4.78, 5) is 0. The molecule has 0 spiro atoms. The molecule has 0 aliphatic carbocycles. The zero-order valence-corrected chi connectivity index (χ0v) is 16.1. The number of nitrogens with one attached hydrogen (secondary N) is 2. The molecule has 0 aromatic heterocycles. The molecule has 2 N–H and O–H groups in total. The molecule has 0 amide bonds. The van der Waals surface area contributed by atoms with Crippen LogP contribution in [0.25, 0.3) is 0 Å². The zero-order valence-electron chi connectivity index (χ0n) is 11.9. The van der Waals surface area contributed by atoms with E-state index >= 15 is 0 Å². The van der Waals surface area contributed by atoms with Crippen molar-refractivity contribution < 1.29 is 17.1 Å². The van der Waals surface area contributed by atoms with Gasteiger partial charge in [-0.25, -0.2) is 0 Å². The third-order valence-electron chi connectivity index (χ3n) is 2.62. The summed E-state index contributed by atoms with van der Waals surface area (Å²) in [6.45, 7) is 8.48. The van der Waals surface area contributed by atoms with Crippen molar-refractivity contribution in [2.24, 2.45) is 0 Å². The van der Waals surface area contributed by atoms with E-state index in [1.807, 2.05) is 0 Å². The average Bonchev–Trinajstić information content (AvgIpc) is 2.33. The van der Waals surface area contributed by atoms with Gasteiger partial charge in [0.25, 0.3) is 0 Å². The van der Waals surface area contributed by atoms with Crippen LogP contribution in [0.15, 0.2) is 0 Å². The smallest absolute Gasteiger partial charge is 0.412 e. The molecule has 2 nitrogen and oxygen atoms in total. The molecule has 0 heterocycles. The largest absolute Gasteiger partial charge is 2.00 e. The fraction of sp³-hybridized carbons (Fsp3) is 0.833. The molecule has 0 saturated heterocycles. The van der Waals surface area contributed by atoms with Crippen molar-refractivity contribution >= 4 is 58.3 Å². The molecule has 117 valence electrons. The molecule has 1 radical (unpaired) electrons. The molecule has 0 aliphatic heterocycles. The topological polar surface area (TPSA) is 24.1 Å². The van der Waals surface area contributed by atoms with Gasteiger partial charge in [0.15, 0.2) is 0 Å². The quantitative estimate of drug-likeness (QED) is 0.412. The van der Waals surface area contributed by atoms with Gasteiger partial charge in [0.1, 0.15) is 0 Å². The monoisotopic (exact) mass is 387 g/mol. The Labute approximate surface area is 150 Å². The van der Waals surface area contributed by atoms with Gasteiger partial charge in [0.2, 0.25) is 0 Å². The van der Waals surface area contributed by atoms with Gasteiger partial charge in [-0.05, 0) is 25.7 Å². The minimum atomic E-state index is 0. The van der Waals surface area contributed by atoms with Gasteiger partial charge >= 0.3 is 17.1 Å². The van der Waals surface area contributed by atoms with Crippen LogP contribution in [0.1, 0.15) is 53.4 Å². The van der Waals surface area contributed by atoms with Crippen molar-refractivity contribution in [3.05, 3.63) is 0 Å². The molecule has 0 aromatic rings. The minimum Gasteiger partial charge on any atom is -0.412 e. The summed E-state index contributed by atoms with van der Waals surface area (Å²) in [6, 6.07) is 0.963. The van der Waals surface area contributed by atoms with Gasteiger partial charge in [0, 0.05) is 12.1 Å². The fourth-order valence-corrected chi connectivity index (χ4v) is 1.99. The molecule has 0 saturated carbocycles. The van der Waals surface area contributed by atoms with E-state index in [0.29, 0.717) is 20.7 Å². The van der Waals surface area contributed by atoms with Crippen molar-refractivity contribution in [1.29, 1.82) is 0 Å². The maximum Gasteiger partial charge on any atom is 2.00 e. The Kier molecular flexibility index (Phi) is 21.9. The van der Waals surface area contributed by atoms with Crippen LogP contribution >= 0.6 is 24.4 Å². The van der Waals surface area contributed by atoms with Gasteiger partial charge in [0.05, 0.1) is 0 Å². The summed E-state index contributed by atoms with van der Waals surface area (Å²) in [7, 11) is 0. The van der Waals surface area contributed by atoms with Crippen LogP contribution in [0.4, 0.5) is 0 Å². The Morgan fingerprint density at radius 1 is 0.789 bits per heavy atom. The van der Waals surface area contributed by atoms with E-state index in [1.54, 1.807) is 0 Å². The third kappa shape index (κ3) is 18.7. The average molecular weight is 388 g/mol. The van der Waals surface area contributed by atoms with Crippen LogP contribution in [0.3, 0.4) is 0 Å². The van der Waals surface area contributed by atoms with Crippen molar-refractivity contribution in [1.82, 2.24) is 10.6 Å². The van der Waals surface area contributed by atoms with Crippen molar-refractivity contribution in [2.75, 3.05) is 0 Å². The number of hydrogen-bond acceptors (Lipinski definition) is 4. The van der Waals surface area contributed by atoms with Crippen molar-refractivity contribution in [3.8, 4) is 0 Å². The molecule has 0 aliphatic rings. The second-order valence-electron chi connectivity index (χ2n) is 3.89. The minimum absolute atomic E-state index is 0. The Morgan fingerprint density at radius 2 is 1.00 bits per heavy atom. The molecular weight excluding hydrogens is 364 g/mol. The summed E-state index contributed by atoms with van der Waals surface area (Å²) in [5.74, 6) is 0. The van der Waals surface area contributed by atoms with Crippen LogP contribution in [0.5, 0.6) is 0 Å². The first kappa shape index (κ1) is 24.7. The molecule has 0 rings (SSSR count). The van der Waals surface area contributed by atoms with Crippen LogP contribution in [-0.4, -0.2) is 20.7 Å². The van der Waals surface area contributed by atoms with Crippen LogP contribution in [0.2, 0.25) is 0 Å². The first-order valence-electron chi connectivity index (χ1n) is 6.36. The molecule has 0 unspecified atom stereocenters. The van der Waals surface area contributed by atoms with Gasteiger partial charge in [-0.1, -0.05) is 36.3 Å². The second-order valence-corrected chi connectivity index (χ2v) is 6.04. The second kappa shape index (κ2) is 16.8. The van der Waals surface area contributed by atoms with Crippen molar-refractivity contribution in [3.63, 3.8) is 0 Å². The predicted octanol–water partition coefficient (Wildman–Crippen LogP) is 3.19. The predicted molar refractivity (Wildman–Crippen MR) is 94.9 cm³/mol. The van der Waals surface area contributed by atoms with Crippen LogP contribution < -0.4 is 10.6 Å². The van der Waals surface area contributed by atoms with E-state index in [1.165, 1.54) is 0 Å². The summed E-state index contributed by atoms with van der Waals surface area (Å²) < 4.78 is 0.979. The normalized spacial score (nSPS) is 9.16. The summed E-state index contributed by atoms with van der Waals surface area (Å²) in [5, 5.41) is 6.05. The van der Waals surface area contributed by atoms with Gasteiger partial charge < -0.3 is 60.3 Å². The Hall–Kier alpha value is 0.739. The maximum atomic E-state index is 4.71. The Balaban J connectivity index is -0.000000256. The SMILES string of the molecule is CCC(CC)NC(=S)[S-].CCC(CC)NC(=S)[S-].[Cu+2]. The number of hydrogen-bond donors (Lipinski definition) is 2. The van der Waals surface area contributed by atoms with E-state index < -0.39 is 0 Å². The fourth-order valence-electron chi connectivity index (χ4n) is 1.32. The van der Waals surface area contributed by atoms with Crippen LogP contribution in [0, 0.1) is 0 Å². The summed E-state index contributed by atoms with van der Waals surface area (Å²) in [6.07, 6.45) is 4.36. The molecule has 19 heavy (non-hydrogen) atoms.